The summed E-state index contributed by atoms with van der Waals surface area (Å²) in [7, 11) is 0. The molecule has 1 aromatic carbocycles. The average molecular weight is 252 g/mol. The lowest BCUT2D eigenvalue weighted by molar-refractivity contribution is -0.120. The van der Waals surface area contributed by atoms with Gasteiger partial charge in [-0.25, -0.2) is 0 Å². The van der Waals surface area contributed by atoms with Crippen LogP contribution >= 0.6 is 11.6 Å². The van der Waals surface area contributed by atoms with E-state index in [9.17, 15) is 4.79 Å². The van der Waals surface area contributed by atoms with Gasteiger partial charge in [-0.05, 0) is 19.1 Å². The molecule has 1 amide bonds. The van der Waals surface area contributed by atoms with Crippen molar-refractivity contribution in [1.29, 1.82) is 5.26 Å². The summed E-state index contributed by atoms with van der Waals surface area (Å²) in [5, 5.41) is 15.1. The number of hydrogen-bond donors (Lipinski definition) is 2. The highest BCUT2D eigenvalue weighted by Crippen LogP contribution is 2.22. The molecule has 17 heavy (non-hydrogen) atoms. The summed E-state index contributed by atoms with van der Waals surface area (Å²) >= 11 is 5.88. The molecule has 4 nitrogen and oxygen atoms in total. The fraction of sp³-hybridized carbons (Fsp3) is 0.333. The number of nitriles is 1. The number of rotatable bonds is 5. The van der Waals surface area contributed by atoms with E-state index >= 15 is 0 Å². The predicted octanol–water partition coefficient (Wildman–Crippen LogP) is 2.15. The van der Waals surface area contributed by atoms with Crippen molar-refractivity contribution in [3.05, 3.63) is 28.8 Å². The average Bonchev–Trinajstić information content (AvgIpc) is 2.29. The van der Waals surface area contributed by atoms with Gasteiger partial charge in [0.2, 0.25) is 5.91 Å². The lowest BCUT2D eigenvalue weighted by atomic mass is 10.2. The Morgan fingerprint density at radius 2 is 2.29 bits per heavy atom. The van der Waals surface area contributed by atoms with Gasteiger partial charge in [0.15, 0.2) is 0 Å². The Hall–Kier alpha value is -1.73. The quantitative estimate of drug-likeness (QED) is 0.843. The van der Waals surface area contributed by atoms with Gasteiger partial charge >= 0.3 is 0 Å². The van der Waals surface area contributed by atoms with Gasteiger partial charge in [-0.2, -0.15) is 5.26 Å². The van der Waals surface area contributed by atoms with Crippen molar-refractivity contribution in [3.8, 4) is 6.07 Å². The van der Waals surface area contributed by atoms with E-state index < -0.39 is 0 Å². The van der Waals surface area contributed by atoms with Crippen LogP contribution in [0.5, 0.6) is 0 Å². The van der Waals surface area contributed by atoms with Crippen LogP contribution in [0.4, 0.5) is 5.69 Å². The number of nitrogens with one attached hydrogen (secondary N) is 2. The molecular weight excluding hydrogens is 238 g/mol. The SMILES string of the molecule is CCNC(=O)CCNc1cccc(Cl)c1C#N. The van der Waals surface area contributed by atoms with Crippen LogP contribution in [0.1, 0.15) is 18.9 Å². The van der Waals surface area contributed by atoms with Gasteiger partial charge in [0.05, 0.1) is 16.3 Å². The molecule has 0 aliphatic heterocycles. The normalized spacial score (nSPS) is 9.47. The van der Waals surface area contributed by atoms with Crippen molar-refractivity contribution in [2.45, 2.75) is 13.3 Å². The fourth-order valence-corrected chi connectivity index (χ4v) is 1.60. The summed E-state index contributed by atoms with van der Waals surface area (Å²) < 4.78 is 0. The molecule has 90 valence electrons. The Labute approximate surface area is 106 Å². The second-order valence-electron chi connectivity index (χ2n) is 3.40. The summed E-state index contributed by atoms with van der Waals surface area (Å²) in [6.07, 6.45) is 0.366. The first kappa shape index (κ1) is 13.3. The molecule has 0 aliphatic rings. The summed E-state index contributed by atoms with van der Waals surface area (Å²) in [6, 6.07) is 7.22. The Bertz CT molecular complexity index is 440. The maximum absolute atomic E-state index is 11.2. The van der Waals surface area contributed by atoms with Crippen molar-refractivity contribution in [1.82, 2.24) is 5.32 Å². The first-order valence-corrected chi connectivity index (χ1v) is 5.76. The molecule has 1 rings (SSSR count). The molecule has 0 unspecified atom stereocenters. The second kappa shape index (κ2) is 6.77. The van der Waals surface area contributed by atoms with Gasteiger partial charge in [0.25, 0.3) is 0 Å². The third kappa shape index (κ3) is 3.97. The van der Waals surface area contributed by atoms with Crippen molar-refractivity contribution in [2.75, 3.05) is 18.4 Å². The van der Waals surface area contributed by atoms with Crippen molar-refractivity contribution < 1.29 is 4.79 Å². The van der Waals surface area contributed by atoms with E-state index in [0.717, 1.165) is 0 Å². The smallest absolute Gasteiger partial charge is 0.221 e. The van der Waals surface area contributed by atoms with Crippen LogP contribution in [0.3, 0.4) is 0 Å². The minimum absolute atomic E-state index is 0.0134. The summed E-state index contributed by atoms with van der Waals surface area (Å²) in [4.78, 5) is 11.2. The molecule has 2 N–H and O–H groups in total. The summed E-state index contributed by atoms with van der Waals surface area (Å²) in [6.45, 7) is 2.97. The lowest BCUT2D eigenvalue weighted by Crippen LogP contribution is -2.24. The van der Waals surface area contributed by atoms with Crippen LogP contribution in [0.15, 0.2) is 18.2 Å². The van der Waals surface area contributed by atoms with E-state index in [-0.39, 0.29) is 5.91 Å². The van der Waals surface area contributed by atoms with Crippen molar-refractivity contribution in [2.24, 2.45) is 0 Å². The van der Waals surface area contributed by atoms with Gasteiger partial charge < -0.3 is 10.6 Å². The van der Waals surface area contributed by atoms with Gasteiger partial charge in [0.1, 0.15) is 6.07 Å². The molecule has 0 radical (unpaired) electrons. The third-order valence-electron chi connectivity index (χ3n) is 2.17. The molecule has 0 atom stereocenters. The maximum atomic E-state index is 11.2. The maximum Gasteiger partial charge on any atom is 0.221 e. The van der Waals surface area contributed by atoms with Crippen LogP contribution in [0.2, 0.25) is 5.02 Å². The number of anilines is 1. The van der Waals surface area contributed by atoms with E-state index in [0.29, 0.717) is 35.8 Å². The van der Waals surface area contributed by atoms with Crippen LogP contribution < -0.4 is 10.6 Å². The highest BCUT2D eigenvalue weighted by atomic mass is 35.5. The molecule has 0 aliphatic carbocycles. The van der Waals surface area contributed by atoms with Crippen LogP contribution in [-0.4, -0.2) is 19.0 Å². The van der Waals surface area contributed by atoms with Crippen LogP contribution in [0.25, 0.3) is 0 Å². The number of amides is 1. The van der Waals surface area contributed by atoms with E-state index in [2.05, 4.69) is 10.6 Å². The largest absolute Gasteiger partial charge is 0.383 e. The minimum Gasteiger partial charge on any atom is -0.383 e. The zero-order valence-corrected chi connectivity index (χ0v) is 10.3. The van der Waals surface area contributed by atoms with E-state index in [1.807, 2.05) is 13.0 Å². The standard InChI is InChI=1S/C12H14ClN3O/c1-2-15-12(17)6-7-16-11-5-3-4-10(13)9(11)8-14/h3-5,16H,2,6-7H2,1H3,(H,15,17). The molecule has 0 bridgehead atoms. The molecule has 0 fully saturated rings. The van der Waals surface area contributed by atoms with Crippen molar-refractivity contribution in [3.63, 3.8) is 0 Å². The Morgan fingerprint density at radius 3 is 2.94 bits per heavy atom. The summed E-state index contributed by atoms with van der Waals surface area (Å²) in [5.41, 5.74) is 1.06. The molecule has 0 aromatic heterocycles. The van der Waals surface area contributed by atoms with Crippen LogP contribution in [-0.2, 0) is 4.79 Å². The molecule has 1 aromatic rings. The van der Waals surface area contributed by atoms with Gasteiger partial charge in [-0.3, -0.25) is 4.79 Å². The zero-order chi connectivity index (χ0) is 12.7. The van der Waals surface area contributed by atoms with Crippen LogP contribution in [0, 0.1) is 11.3 Å². The number of carbonyl (C=O) groups excluding carboxylic acids is 1. The minimum atomic E-state index is -0.0134. The number of halogens is 1. The first-order valence-electron chi connectivity index (χ1n) is 5.38. The Morgan fingerprint density at radius 1 is 1.53 bits per heavy atom. The summed E-state index contributed by atoms with van der Waals surface area (Å²) in [5.74, 6) is -0.0134. The highest BCUT2D eigenvalue weighted by molar-refractivity contribution is 6.32. The molecular formula is C12H14ClN3O. The molecule has 0 spiro atoms. The predicted molar refractivity (Wildman–Crippen MR) is 68.0 cm³/mol. The Kier molecular flexibility index (Phi) is 5.31. The molecule has 0 saturated carbocycles. The monoisotopic (exact) mass is 251 g/mol. The lowest BCUT2D eigenvalue weighted by Gasteiger charge is -2.08. The molecule has 0 saturated heterocycles. The van der Waals surface area contributed by atoms with Gasteiger partial charge in [-0.1, -0.05) is 17.7 Å². The highest BCUT2D eigenvalue weighted by Gasteiger charge is 2.06. The number of hydrogen-bond acceptors (Lipinski definition) is 3. The zero-order valence-electron chi connectivity index (χ0n) is 9.59. The number of benzene rings is 1. The molecule has 5 heteroatoms. The second-order valence-corrected chi connectivity index (χ2v) is 3.81. The van der Waals surface area contributed by atoms with Gasteiger partial charge in [-0.15, -0.1) is 0 Å². The number of nitrogens with zero attached hydrogens (tertiary/aromatic N) is 1. The van der Waals surface area contributed by atoms with Gasteiger partial charge in [0, 0.05) is 19.5 Å². The Balaban J connectivity index is 2.56. The van der Waals surface area contributed by atoms with E-state index in [4.69, 9.17) is 16.9 Å². The van der Waals surface area contributed by atoms with Crippen molar-refractivity contribution >= 4 is 23.2 Å². The van der Waals surface area contributed by atoms with E-state index in [1.54, 1.807) is 18.2 Å². The third-order valence-corrected chi connectivity index (χ3v) is 2.48. The number of carbonyl (C=O) groups is 1. The first-order chi connectivity index (χ1) is 8.19. The van der Waals surface area contributed by atoms with E-state index in [1.165, 1.54) is 0 Å². The molecule has 0 heterocycles. The fourth-order valence-electron chi connectivity index (χ4n) is 1.38. The topological polar surface area (TPSA) is 64.9 Å².